The van der Waals surface area contributed by atoms with Gasteiger partial charge in [0.05, 0.1) is 11.2 Å². The number of halogens is 2. The van der Waals surface area contributed by atoms with Crippen LogP contribution in [0, 0.1) is 5.82 Å². The molecule has 0 aliphatic heterocycles. The van der Waals surface area contributed by atoms with Gasteiger partial charge in [-0.3, -0.25) is 0 Å². The Bertz CT molecular complexity index is 600. The van der Waals surface area contributed by atoms with Gasteiger partial charge >= 0.3 is 5.97 Å². The van der Waals surface area contributed by atoms with Crippen LogP contribution in [0.4, 0.5) is 4.39 Å². The van der Waals surface area contributed by atoms with Gasteiger partial charge in [-0.1, -0.05) is 11.6 Å². The van der Waals surface area contributed by atoms with E-state index in [1.807, 2.05) is 0 Å². The second kappa shape index (κ2) is 3.61. The fourth-order valence-electron chi connectivity index (χ4n) is 1.44. The monoisotopic (exact) mass is 241 g/mol. The second-order valence-electron chi connectivity index (χ2n) is 3.08. The van der Waals surface area contributed by atoms with E-state index >= 15 is 0 Å². The molecule has 1 heterocycles. The highest BCUT2D eigenvalue weighted by Gasteiger charge is 2.19. The molecular formula is C10H5ClFNO3. The molecule has 1 aromatic heterocycles. The molecule has 0 radical (unpaired) electrons. The Morgan fingerprint density at radius 3 is 2.75 bits per heavy atom. The van der Waals surface area contributed by atoms with Crippen molar-refractivity contribution < 1.29 is 19.4 Å². The van der Waals surface area contributed by atoms with Crippen LogP contribution in [0.25, 0.3) is 10.9 Å². The predicted molar refractivity (Wildman–Crippen MR) is 55.3 cm³/mol. The maximum atomic E-state index is 13.3. The maximum Gasteiger partial charge on any atom is 0.340 e. The molecule has 0 aliphatic carbocycles. The number of rotatable bonds is 1. The van der Waals surface area contributed by atoms with E-state index < -0.39 is 23.1 Å². The largest absolute Gasteiger partial charge is 0.505 e. The molecule has 0 amide bonds. The lowest BCUT2D eigenvalue weighted by Crippen LogP contribution is -2.00. The minimum atomic E-state index is -1.39. The van der Waals surface area contributed by atoms with Gasteiger partial charge in [-0.25, -0.2) is 14.2 Å². The molecule has 2 rings (SSSR count). The molecule has 1 aromatic carbocycles. The Labute approximate surface area is 93.9 Å². The fraction of sp³-hybridized carbons (Fsp3) is 0. The number of aromatic carboxylic acids is 1. The van der Waals surface area contributed by atoms with Crippen LogP contribution >= 0.6 is 11.6 Å². The average molecular weight is 242 g/mol. The van der Waals surface area contributed by atoms with Crippen molar-refractivity contribution in [2.75, 3.05) is 0 Å². The van der Waals surface area contributed by atoms with Crippen LogP contribution < -0.4 is 0 Å². The molecule has 4 nitrogen and oxygen atoms in total. The number of aromatic hydroxyl groups is 1. The predicted octanol–water partition coefficient (Wildman–Crippen LogP) is 2.43. The van der Waals surface area contributed by atoms with E-state index in [-0.39, 0.29) is 15.9 Å². The number of nitrogens with zero attached hydrogens (tertiary/aromatic N) is 1. The van der Waals surface area contributed by atoms with Crippen LogP contribution in [-0.4, -0.2) is 21.2 Å². The minimum absolute atomic E-state index is 0.0252. The maximum absolute atomic E-state index is 13.3. The van der Waals surface area contributed by atoms with Gasteiger partial charge in [0.15, 0.2) is 0 Å². The molecule has 2 N–H and O–H groups in total. The molecule has 2 aromatic rings. The number of hydrogen-bond acceptors (Lipinski definition) is 3. The van der Waals surface area contributed by atoms with Gasteiger partial charge in [-0.2, -0.15) is 0 Å². The summed E-state index contributed by atoms with van der Waals surface area (Å²) in [5.74, 6) is -2.63. The molecule has 0 atom stereocenters. The first-order valence-electron chi connectivity index (χ1n) is 4.21. The first-order valence-corrected chi connectivity index (χ1v) is 4.59. The number of carbonyl (C=O) groups is 1. The summed E-state index contributed by atoms with van der Waals surface area (Å²) in [6, 6.07) is 2.30. The summed E-state index contributed by atoms with van der Waals surface area (Å²) in [6.45, 7) is 0. The van der Waals surface area contributed by atoms with Gasteiger partial charge in [-0.05, 0) is 12.1 Å². The molecule has 16 heavy (non-hydrogen) atoms. The summed E-state index contributed by atoms with van der Waals surface area (Å²) < 4.78 is 13.3. The third kappa shape index (κ3) is 1.45. The van der Waals surface area contributed by atoms with Crippen molar-refractivity contribution in [2.24, 2.45) is 0 Å². The van der Waals surface area contributed by atoms with Gasteiger partial charge in [-0.15, -0.1) is 0 Å². The number of carboxylic acids is 1. The zero-order valence-corrected chi connectivity index (χ0v) is 8.49. The topological polar surface area (TPSA) is 70.4 Å². The Morgan fingerprint density at radius 1 is 1.44 bits per heavy atom. The summed E-state index contributed by atoms with van der Waals surface area (Å²) in [5.41, 5.74) is -0.628. The molecule has 6 heteroatoms. The van der Waals surface area contributed by atoms with E-state index in [9.17, 15) is 14.3 Å². The summed E-state index contributed by atoms with van der Waals surface area (Å²) in [6.07, 6.45) is 0.880. The van der Waals surface area contributed by atoms with Crippen molar-refractivity contribution in [3.05, 3.63) is 34.7 Å². The molecule has 0 spiro atoms. The van der Waals surface area contributed by atoms with E-state index in [1.165, 1.54) is 6.07 Å². The van der Waals surface area contributed by atoms with Crippen molar-refractivity contribution >= 4 is 28.5 Å². The van der Waals surface area contributed by atoms with E-state index in [1.54, 1.807) is 0 Å². The van der Waals surface area contributed by atoms with Crippen LogP contribution in [0.1, 0.15) is 10.4 Å². The lowest BCUT2D eigenvalue weighted by molar-refractivity contribution is 0.0696. The number of aromatic nitrogens is 1. The highest BCUT2D eigenvalue weighted by atomic mass is 35.5. The lowest BCUT2D eigenvalue weighted by Gasteiger charge is -2.06. The Kier molecular flexibility index (Phi) is 2.40. The van der Waals surface area contributed by atoms with Crippen LogP contribution in [0.15, 0.2) is 18.3 Å². The van der Waals surface area contributed by atoms with E-state index in [2.05, 4.69) is 4.98 Å². The molecule has 0 saturated carbocycles. The van der Waals surface area contributed by atoms with E-state index in [0.717, 1.165) is 12.3 Å². The third-order valence-corrected chi connectivity index (χ3v) is 2.43. The van der Waals surface area contributed by atoms with Crippen molar-refractivity contribution in [3.8, 4) is 5.75 Å². The summed E-state index contributed by atoms with van der Waals surface area (Å²) in [7, 11) is 0. The SMILES string of the molecule is O=C(O)c1c(O)cnc2c(F)ccc(Cl)c12. The summed E-state index contributed by atoms with van der Waals surface area (Å²) in [4.78, 5) is 14.5. The fourth-order valence-corrected chi connectivity index (χ4v) is 1.69. The Morgan fingerprint density at radius 2 is 2.12 bits per heavy atom. The molecule has 82 valence electrons. The Hall–Kier alpha value is -1.88. The average Bonchev–Trinajstić information content (AvgIpc) is 2.23. The molecule has 0 saturated heterocycles. The standard InChI is InChI=1S/C10H5ClFNO3/c11-4-1-2-5(12)9-7(4)8(10(15)16)6(14)3-13-9/h1-3,14H,(H,15,16). The zero-order chi connectivity index (χ0) is 11.9. The van der Waals surface area contributed by atoms with Gasteiger partial charge in [0, 0.05) is 5.39 Å². The molecule has 0 bridgehead atoms. The Balaban J connectivity index is 3.02. The summed E-state index contributed by atoms with van der Waals surface area (Å²) in [5, 5.41) is 18.2. The first kappa shape index (κ1) is 10.6. The highest BCUT2D eigenvalue weighted by Crippen LogP contribution is 2.32. The van der Waals surface area contributed by atoms with E-state index in [4.69, 9.17) is 16.7 Å². The van der Waals surface area contributed by atoms with Crippen molar-refractivity contribution in [2.45, 2.75) is 0 Å². The first-order chi connectivity index (χ1) is 7.52. The van der Waals surface area contributed by atoms with Crippen LogP contribution in [0.2, 0.25) is 5.02 Å². The van der Waals surface area contributed by atoms with Gasteiger partial charge in [0.1, 0.15) is 22.6 Å². The smallest absolute Gasteiger partial charge is 0.340 e. The van der Waals surface area contributed by atoms with Crippen molar-refractivity contribution in [3.63, 3.8) is 0 Å². The lowest BCUT2D eigenvalue weighted by atomic mass is 10.1. The molecule has 0 unspecified atom stereocenters. The normalized spacial score (nSPS) is 10.6. The van der Waals surface area contributed by atoms with Gasteiger partial charge in [0.25, 0.3) is 0 Å². The number of hydrogen-bond donors (Lipinski definition) is 2. The highest BCUT2D eigenvalue weighted by molar-refractivity contribution is 6.36. The third-order valence-electron chi connectivity index (χ3n) is 2.11. The van der Waals surface area contributed by atoms with Crippen molar-refractivity contribution in [1.29, 1.82) is 0 Å². The molecular weight excluding hydrogens is 237 g/mol. The summed E-state index contributed by atoms with van der Waals surface area (Å²) >= 11 is 5.77. The van der Waals surface area contributed by atoms with Gasteiger partial charge in [0.2, 0.25) is 0 Å². The number of pyridine rings is 1. The number of fused-ring (bicyclic) bond motifs is 1. The van der Waals surface area contributed by atoms with Crippen LogP contribution in [-0.2, 0) is 0 Å². The van der Waals surface area contributed by atoms with Crippen LogP contribution in [0.3, 0.4) is 0 Å². The molecule has 0 aliphatic rings. The molecule has 0 fully saturated rings. The number of benzene rings is 1. The van der Waals surface area contributed by atoms with E-state index in [0.29, 0.717) is 0 Å². The van der Waals surface area contributed by atoms with Crippen molar-refractivity contribution in [1.82, 2.24) is 4.98 Å². The second-order valence-corrected chi connectivity index (χ2v) is 3.48. The zero-order valence-electron chi connectivity index (χ0n) is 7.74. The number of carboxylic acid groups (broad SMARTS) is 1. The quantitative estimate of drug-likeness (QED) is 0.804. The minimum Gasteiger partial charge on any atom is -0.505 e. The van der Waals surface area contributed by atoms with Gasteiger partial charge < -0.3 is 10.2 Å². The van der Waals surface area contributed by atoms with Crippen LogP contribution in [0.5, 0.6) is 5.75 Å².